The van der Waals surface area contributed by atoms with Crippen molar-refractivity contribution in [2.45, 2.75) is 59.2 Å². The first kappa shape index (κ1) is 54.6. The van der Waals surface area contributed by atoms with E-state index in [0.29, 0.717) is 61.2 Å². The molecule has 13 nitrogen and oxygen atoms in total. The van der Waals surface area contributed by atoms with E-state index in [-0.39, 0.29) is 11.5 Å². The van der Waals surface area contributed by atoms with Crippen molar-refractivity contribution in [3.8, 4) is 45.3 Å². The number of aliphatic hydroxyl groups is 2. The van der Waals surface area contributed by atoms with Crippen LogP contribution in [0.1, 0.15) is 74.3 Å². The van der Waals surface area contributed by atoms with Gasteiger partial charge in [0.05, 0.1) is 13.2 Å². The summed E-state index contributed by atoms with van der Waals surface area (Å²) in [6.45, 7) is 11.4. The Labute approximate surface area is 423 Å². The second kappa shape index (κ2) is 24.2. The van der Waals surface area contributed by atoms with Crippen molar-refractivity contribution >= 4 is 42.5 Å². The number of aliphatic hydroxyl groups excluding tert-OH is 2. The summed E-state index contributed by atoms with van der Waals surface area (Å²) < 4.78 is 52.3. The fourth-order valence-corrected chi connectivity index (χ4v) is 7.65. The van der Waals surface area contributed by atoms with Crippen LogP contribution in [0.2, 0.25) is 0 Å². The molecule has 15 heteroatoms. The maximum absolute atomic E-state index is 15.3. The molecule has 0 fully saturated rings. The number of halogens is 2. The van der Waals surface area contributed by atoms with E-state index in [4.69, 9.17) is 34.9 Å². The molecule has 0 saturated carbocycles. The Morgan fingerprint density at radius 1 is 0.603 bits per heavy atom. The second-order valence-corrected chi connectivity index (χ2v) is 18.1. The Hall–Kier alpha value is -7.69. The monoisotopic (exact) mass is 998 g/mol. The number of hydrogen-bond acceptors (Lipinski definition) is 11. The molecule has 0 unspecified atom stereocenters. The standard InChI is InChI=1S/C29H30FNO5.C25H21FO3.C4H9NO3/c1-18-7-8-20(16-31-29(3,17-32)28(33)34)15-22(18)10-9-21-5-4-6-23(19(21)2)24-11-12-25-27(26(24)30)36-14-13-35-25;1-16-6-7-18(15-27)14-20(16)9-8-19-4-3-5-21(17(19)2)22-10-11-23-25(24(22)26)29-13-12-28-23;1-4(5,2-6)3(7)8/h4-12,15,31-32H,13-14,16-17H2,1-3H3,(H,33,34);3-11,14-15H,12-13H2,1-2H3;6H,2,5H2,1H3,(H,7,8)/b10-9+;9-8+;/t29-;;4-/m0.0/s1. The smallest absolute Gasteiger partial charge is 0.326 e. The molecule has 0 aromatic heterocycles. The number of aliphatic carboxylic acids is 2. The van der Waals surface area contributed by atoms with Gasteiger partial charge in [-0.1, -0.05) is 91.0 Å². The molecule has 0 aliphatic carbocycles. The van der Waals surface area contributed by atoms with E-state index in [2.05, 4.69) is 5.32 Å². The largest absolute Gasteiger partial charge is 0.486 e. The van der Waals surface area contributed by atoms with E-state index >= 15 is 8.78 Å². The summed E-state index contributed by atoms with van der Waals surface area (Å²) >= 11 is 0. The van der Waals surface area contributed by atoms with Crippen molar-refractivity contribution in [1.29, 1.82) is 0 Å². The van der Waals surface area contributed by atoms with E-state index in [1.165, 1.54) is 13.8 Å². The fraction of sp³-hybridized carbons (Fsp3) is 0.259. The Kier molecular flexibility index (Phi) is 18.1. The van der Waals surface area contributed by atoms with Gasteiger partial charge in [0.25, 0.3) is 0 Å². The molecule has 0 bridgehead atoms. The van der Waals surface area contributed by atoms with E-state index in [0.717, 1.165) is 67.5 Å². The van der Waals surface area contributed by atoms with Gasteiger partial charge >= 0.3 is 11.9 Å². The highest BCUT2D eigenvalue weighted by molar-refractivity contribution is 5.83. The van der Waals surface area contributed by atoms with Crippen LogP contribution in [-0.2, 0) is 16.1 Å². The number of nitrogens with one attached hydrogen (secondary N) is 1. The molecule has 7 N–H and O–H groups in total. The normalized spacial score (nSPS) is 14.2. The van der Waals surface area contributed by atoms with Gasteiger partial charge in [-0.25, -0.2) is 8.78 Å². The van der Waals surface area contributed by atoms with Gasteiger partial charge < -0.3 is 45.1 Å². The van der Waals surface area contributed by atoms with Gasteiger partial charge in [0.2, 0.25) is 0 Å². The first-order chi connectivity index (χ1) is 34.8. The lowest BCUT2D eigenvalue weighted by molar-refractivity contribution is -0.146. The predicted molar refractivity (Wildman–Crippen MR) is 278 cm³/mol. The summed E-state index contributed by atoms with van der Waals surface area (Å²) in [5, 5.41) is 38.1. The van der Waals surface area contributed by atoms with Crippen LogP contribution in [-0.4, -0.2) is 89.4 Å². The molecule has 0 saturated heterocycles. The lowest BCUT2D eigenvalue weighted by Crippen LogP contribution is -2.52. The lowest BCUT2D eigenvalue weighted by atomic mass is 9.94. The molecule has 6 aromatic rings. The van der Waals surface area contributed by atoms with Gasteiger partial charge in [-0.05, 0) is 133 Å². The van der Waals surface area contributed by atoms with Crippen LogP contribution in [0, 0.1) is 39.3 Å². The zero-order valence-electron chi connectivity index (χ0n) is 41.6. The van der Waals surface area contributed by atoms with Crippen molar-refractivity contribution in [3.63, 3.8) is 0 Å². The number of fused-ring (bicyclic) bond motifs is 2. The molecule has 0 amide bonds. The molecule has 2 aliphatic rings. The van der Waals surface area contributed by atoms with Crippen molar-refractivity contribution in [2.75, 3.05) is 39.6 Å². The molecule has 6 aromatic carbocycles. The SMILES string of the molecule is C[C@](N)(CO)C(=O)O.Cc1ccc(C=O)cc1/C=C/c1cccc(-c2ccc3c(c2F)OCCO3)c1C.Cc1ccc(CN[C@@](C)(CO)C(=O)O)cc1/C=C/c1cccc(-c2ccc3c(c2F)OCCO3)c1C. The van der Waals surface area contributed by atoms with Crippen LogP contribution < -0.4 is 30.0 Å². The number of nitrogens with two attached hydrogens (primary N) is 1. The van der Waals surface area contributed by atoms with E-state index in [9.17, 15) is 24.6 Å². The second-order valence-electron chi connectivity index (χ2n) is 18.1. The molecule has 2 aliphatic heterocycles. The van der Waals surface area contributed by atoms with Gasteiger partial charge in [0.1, 0.15) is 43.8 Å². The summed E-state index contributed by atoms with van der Waals surface area (Å²) in [7, 11) is 0. The highest BCUT2D eigenvalue weighted by Crippen LogP contribution is 2.41. The highest BCUT2D eigenvalue weighted by atomic mass is 19.1. The van der Waals surface area contributed by atoms with Crippen LogP contribution >= 0.6 is 0 Å². The zero-order valence-corrected chi connectivity index (χ0v) is 41.6. The molecule has 2 heterocycles. The molecule has 8 rings (SSSR count). The summed E-state index contributed by atoms with van der Waals surface area (Å²) in [5.41, 5.74) is 14.1. The molecular formula is C58H60F2N2O11. The average molecular weight is 999 g/mol. The van der Waals surface area contributed by atoms with Crippen molar-refractivity contribution in [1.82, 2.24) is 5.32 Å². The fourth-order valence-electron chi connectivity index (χ4n) is 7.65. The Balaban J connectivity index is 0.000000210. The number of carboxylic acid groups (broad SMARTS) is 2. The molecule has 382 valence electrons. The quantitative estimate of drug-likeness (QED) is 0.0445. The summed E-state index contributed by atoms with van der Waals surface area (Å²) in [6.07, 6.45) is 8.80. The topological polar surface area (TPSA) is 207 Å². The number of carbonyl (C=O) groups is 3. The van der Waals surface area contributed by atoms with Gasteiger partial charge in [-0.2, -0.15) is 0 Å². The van der Waals surface area contributed by atoms with Gasteiger partial charge in [0, 0.05) is 23.2 Å². The van der Waals surface area contributed by atoms with Crippen LogP contribution in [0.3, 0.4) is 0 Å². The third-order valence-corrected chi connectivity index (χ3v) is 12.6. The number of carboxylic acids is 2. The number of rotatable bonds is 14. The van der Waals surface area contributed by atoms with E-state index < -0.39 is 47.9 Å². The molecular weight excluding hydrogens is 939 g/mol. The lowest BCUT2D eigenvalue weighted by Gasteiger charge is -2.24. The van der Waals surface area contributed by atoms with Gasteiger partial charge in [-0.3, -0.25) is 19.7 Å². The minimum Gasteiger partial charge on any atom is -0.486 e. The summed E-state index contributed by atoms with van der Waals surface area (Å²) in [4.78, 5) is 32.5. The van der Waals surface area contributed by atoms with Crippen molar-refractivity contribution in [2.24, 2.45) is 5.73 Å². The zero-order chi connectivity index (χ0) is 53.0. The van der Waals surface area contributed by atoms with E-state index in [1.54, 1.807) is 30.3 Å². The summed E-state index contributed by atoms with van der Waals surface area (Å²) in [6, 6.07) is 30.0. The van der Waals surface area contributed by atoms with E-state index in [1.807, 2.05) is 119 Å². The van der Waals surface area contributed by atoms with Crippen LogP contribution in [0.4, 0.5) is 8.78 Å². The predicted octanol–water partition coefficient (Wildman–Crippen LogP) is 9.62. The maximum atomic E-state index is 15.3. The average Bonchev–Trinajstić information content (AvgIpc) is 3.39. The number of carbonyl (C=O) groups excluding carboxylic acids is 1. The molecule has 0 radical (unpaired) electrons. The Morgan fingerprint density at radius 2 is 1.07 bits per heavy atom. The van der Waals surface area contributed by atoms with Crippen LogP contribution in [0.25, 0.3) is 46.6 Å². The third kappa shape index (κ3) is 13.1. The number of aryl methyl sites for hydroxylation is 2. The number of aldehydes is 1. The van der Waals surface area contributed by atoms with Crippen molar-refractivity contribution in [3.05, 3.63) is 164 Å². The Morgan fingerprint density at radius 3 is 1.51 bits per heavy atom. The van der Waals surface area contributed by atoms with Gasteiger partial charge in [0.15, 0.2) is 34.6 Å². The van der Waals surface area contributed by atoms with Gasteiger partial charge in [-0.15, -0.1) is 0 Å². The van der Waals surface area contributed by atoms with Crippen LogP contribution in [0.15, 0.2) is 97.1 Å². The molecule has 73 heavy (non-hydrogen) atoms. The maximum Gasteiger partial charge on any atom is 0.326 e. The highest BCUT2D eigenvalue weighted by Gasteiger charge is 2.32. The summed E-state index contributed by atoms with van der Waals surface area (Å²) in [5.74, 6) is -1.94. The van der Waals surface area contributed by atoms with Crippen LogP contribution in [0.5, 0.6) is 23.0 Å². The number of hydrogen-bond donors (Lipinski definition) is 6. The minimum atomic E-state index is -1.49. The molecule has 2 atom stereocenters. The first-order valence-corrected chi connectivity index (χ1v) is 23.4. The van der Waals surface area contributed by atoms with Crippen molar-refractivity contribution < 1.29 is 62.5 Å². The first-order valence-electron chi connectivity index (χ1n) is 23.4. The number of ether oxygens (including phenoxy) is 4. The minimum absolute atomic E-state index is 0.153. The number of benzene rings is 6. The third-order valence-electron chi connectivity index (χ3n) is 12.6. The molecule has 0 spiro atoms. The Bertz CT molecular complexity index is 3060.